The Kier molecular flexibility index (Phi) is 5.57. The van der Waals surface area contributed by atoms with Crippen molar-refractivity contribution in [3.63, 3.8) is 0 Å². The normalized spacial score (nSPS) is 11.0. The second kappa shape index (κ2) is 7.89. The van der Waals surface area contributed by atoms with E-state index in [-0.39, 0.29) is 17.3 Å². The van der Waals surface area contributed by atoms with Crippen LogP contribution < -0.4 is 0 Å². The molecule has 1 heterocycles. The largest absolute Gasteiger partial charge is 0.478 e. The minimum atomic E-state index is -1.04. The fourth-order valence-electron chi connectivity index (χ4n) is 3.01. The van der Waals surface area contributed by atoms with Crippen molar-refractivity contribution in [2.75, 3.05) is 0 Å². The summed E-state index contributed by atoms with van der Waals surface area (Å²) in [6.45, 7) is 4.02. The van der Waals surface area contributed by atoms with Crippen LogP contribution in [0.2, 0.25) is 5.02 Å². The van der Waals surface area contributed by atoms with E-state index >= 15 is 0 Å². The summed E-state index contributed by atoms with van der Waals surface area (Å²) < 4.78 is 13.2. The van der Waals surface area contributed by atoms with Gasteiger partial charge in [0.05, 0.1) is 17.0 Å². The maximum Gasteiger partial charge on any atom is 0.337 e. The van der Waals surface area contributed by atoms with Crippen molar-refractivity contribution in [1.82, 2.24) is 4.98 Å². The number of carboxylic acids is 1. The van der Waals surface area contributed by atoms with Gasteiger partial charge in [-0.15, -0.1) is 0 Å². The summed E-state index contributed by atoms with van der Waals surface area (Å²) in [6, 6.07) is 15.0. The number of hydrogen-bond donors (Lipinski definition) is 1. The summed E-state index contributed by atoms with van der Waals surface area (Å²) in [5, 5.41) is 10.3. The van der Waals surface area contributed by atoms with Crippen molar-refractivity contribution in [2.24, 2.45) is 0 Å². The van der Waals surface area contributed by atoms with E-state index in [1.54, 1.807) is 30.3 Å². The standard InChI is InChI=1S/C22H19ClFNO2/c1-13(2)21-18(15-4-3-5-16(23)11-15)12-19(22(26)27)20(25-21)10-14-6-8-17(24)9-7-14/h3-9,11-13H,10H2,1-2H3,(H,26,27). The zero-order chi connectivity index (χ0) is 19.6. The second-order valence-electron chi connectivity index (χ2n) is 6.69. The summed E-state index contributed by atoms with van der Waals surface area (Å²) in [7, 11) is 0. The van der Waals surface area contributed by atoms with E-state index < -0.39 is 5.97 Å². The van der Waals surface area contributed by atoms with E-state index in [0.717, 1.165) is 22.4 Å². The average Bonchev–Trinajstić information content (AvgIpc) is 2.63. The van der Waals surface area contributed by atoms with Gasteiger partial charge in [0.15, 0.2) is 0 Å². The van der Waals surface area contributed by atoms with Crippen LogP contribution in [0.25, 0.3) is 11.1 Å². The molecule has 3 rings (SSSR count). The van der Waals surface area contributed by atoms with Crippen molar-refractivity contribution in [3.8, 4) is 11.1 Å². The molecule has 0 radical (unpaired) electrons. The fourth-order valence-corrected chi connectivity index (χ4v) is 3.20. The van der Waals surface area contributed by atoms with Gasteiger partial charge in [-0.1, -0.05) is 49.7 Å². The highest BCUT2D eigenvalue weighted by Gasteiger charge is 2.20. The summed E-state index contributed by atoms with van der Waals surface area (Å²) in [6.07, 6.45) is 0.317. The number of aromatic carboxylic acids is 1. The molecule has 0 saturated carbocycles. The number of pyridine rings is 1. The van der Waals surface area contributed by atoms with Crippen molar-refractivity contribution in [1.29, 1.82) is 0 Å². The molecular formula is C22H19ClFNO2. The molecule has 1 N–H and O–H groups in total. The smallest absolute Gasteiger partial charge is 0.337 e. The third-order valence-electron chi connectivity index (χ3n) is 4.33. The van der Waals surface area contributed by atoms with Crippen LogP contribution in [0.4, 0.5) is 4.39 Å². The summed E-state index contributed by atoms with van der Waals surface area (Å²) in [5.41, 5.74) is 3.79. The molecule has 0 spiro atoms. The molecule has 3 nitrogen and oxygen atoms in total. The lowest BCUT2D eigenvalue weighted by molar-refractivity contribution is 0.0695. The van der Waals surface area contributed by atoms with Crippen molar-refractivity contribution in [3.05, 3.63) is 88.0 Å². The first-order valence-electron chi connectivity index (χ1n) is 8.62. The Labute approximate surface area is 162 Å². The molecule has 0 amide bonds. The van der Waals surface area contributed by atoms with Crippen molar-refractivity contribution >= 4 is 17.6 Å². The molecule has 138 valence electrons. The van der Waals surface area contributed by atoms with Crippen LogP contribution in [0.3, 0.4) is 0 Å². The van der Waals surface area contributed by atoms with Gasteiger partial charge in [-0.05, 0) is 47.4 Å². The molecule has 0 fully saturated rings. The van der Waals surface area contributed by atoms with Gasteiger partial charge < -0.3 is 5.11 Å². The molecule has 0 unspecified atom stereocenters. The molecule has 27 heavy (non-hydrogen) atoms. The summed E-state index contributed by atoms with van der Waals surface area (Å²) in [4.78, 5) is 16.6. The zero-order valence-corrected chi connectivity index (χ0v) is 15.8. The van der Waals surface area contributed by atoms with E-state index in [9.17, 15) is 14.3 Å². The lowest BCUT2D eigenvalue weighted by Gasteiger charge is -2.17. The van der Waals surface area contributed by atoms with E-state index in [0.29, 0.717) is 17.1 Å². The Morgan fingerprint density at radius 2 is 1.85 bits per heavy atom. The van der Waals surface area contributed by atoms with Crippen molar-refractivity contribution < 1.29 is 14.3 Å². The van der Waals surface area contributed by atoms with Gasteiger partial charge in [0, 0.05) is 17.0 Å². The topological polar surface area (TPSA) is 50.2 Å². The molecule has 3 aromatic rings. The minimum absolute atomic E-state index is 0.0915. The third kappa shape index (κ3) is 4.34. The Morgan fingerprint density at radius 1 is 1.15 bits per heavy atom. The number of benzene rings is 2. The molecule has 0 aliphatic heterocycles. The number of nitrogens with zero attached hydrogens (tertiary/aromatic N) is 1. The molecule has 2 aromatic carbocycles. The van der Waals surface area contributed by atoms with Gasteiger partial charge in [0.1, 0.15) is 5.82 Å². The van der Waals surface area contributed by atoms with Crippen LogP contribution in [0.5, 0.6) is 0 Å². The Balaban J connectivity index is 2.15. The molecule has 0 saturated heterocycles. The van der Waals surface area contributed by atoms with E-state index in [2.05, 4.69) is 0 Å². The zero-order valence-electron chi connectivity index (χ0n) is 15.0. The summed E-state index contributed by atoms with van der Waals surface area (Å²) >= 11 is 6.11. The Bertz CT molecular complexity index is 984. The fraction of sp³-hybridized carbons (Fsp3) is 0.182. The monoisotopic (exact) mass is 383 g/mol. The van der Waals surface area contributed by atoms with Crippen molar-refractivity contribution in [2.45, 2.75) is 26.2 Å². The first-order valence-corrected chi connectivity index (χ1v) is 9.00. The van der Waals surface area contributed by atoms with Gasteiger partial charge in [-0.3, -0.25) is 4.98 Å². The number of carbonyl (C=O) groups is 1. The van der Waals surface area contributed by atoms with Gasteiger partial charge in [-0.25, -0.2) is 9.18 Å². The number of rotatable bonds is 5. The molecule has 0 aliphatic rings. The van der Waals surface area contributed by atoms with Gasteiger partial charge in [0.2, 0.25) is 0 Å². The van der Waals surface area contributed by atoms with Gasteiger partial charge >= 0.3 is 5.97 Å². The average molecular weight is 384 g/mol. The first-order chi connectivity index (χ1) is 12.8. The van der Waals surface area contributed by atoms with Gasteiger partial charge in [-0.2, -0.15) is 0 Å². The minimum Gasteiger partial charge on any atom is -0.478 e. The Hall–Kier alpha value is -2.72. The number of hydrogen-bond acceptors (Lipinski definition) is 2. The van der Waals surface area contributed by atoms with Crippen LogP contribution in [-0.4, -0.2) is 16.1 Å². The maximum absolute atomic E-state index is 13.2. The highest BCUT2D eigenvalue weighted by atomic mass is 35.5. The quantitative estimate of drug-likeness (QED) is 0.592. The Morgan fingerprint density at radius 3 is 2.44 bits per heavy atom. The van der Waals surface area contributed by atoms with Crippen LogP contribution in [0.1, 0.15) is 47.1 Å². The molecule has 5 heteroatoms. The summed E-state index contributed by atoms with van der Waals surface area (Å²) in [5.74, 6) is -1.28. The lowest BCUT2D eigenvalue weighted by Crippen LogP contribution is -2.10. The maximum atomic E-state index is 13.2. The number of halogens is 2. The molecule has 1 aromatic heterocycles. The molecule has 0 aliphatic carbocycles. The highest BCUT2D eigenvalue weighted by molar-refractivity contribution is 6.30. The van der Waals surface area contributed by atoms with Crippen LogP contribution >= 0.6 is 11.6 Å². The first kappa shape index (κ1) is 19.1. The van der Waals surface area contributed by atoms with Gasteiger partial charge in [0.25, 0.3) is 0 Å². The SMILES string of the molecule is CC(C)c1nc(Cc2ccc(F)cc2)c(C(=O)O)cc1-c1cccc(Cl)c1. The van der Waals surface area contributed by atoms with Crippen LogP contribution in [0.15, 0.2) is 54.6 Å². The van der Waals surface area contributed by atoms with E-state index in [4.69, 9.17) is 16.6 Å². The number of aromatic nitrogens is 1. The lowest BCUT2D eigenvalue weighted by atomic mass is 9.93. The highest BCUT2D eigenvalue weighted by Crippen LogP contribution is 2.32. The number of carboxylic acid groups (broad SMARTS) is 1. The second-order valence-corrected chi connectivity index (χ2v) is 7.13. The van der Waals surface area contributed by atoms with E-state index in [1.807, 2.05) is 26.0 Å². The molecule has 0 bridgehead atoms. The van der Waals surface area contributed by atoms with E-state index in [1.165, 1.54) is 12.1 Å². The predicted molar refractivity (Wildman–Crippen MR) is 105 cm³/mol. The molecule has 0 atom stereocenters. The van der Waals surface area contributed by atoms with Crippen LogP contribution in [0, 0.1) is 5.82 Å². The molecular weight excluding hydrogens is 365 g/mol. The van der Waals surface area contributed by atoms with Crippen LogP contribution in [-0.2, 0) is 6.42 Å². The third-order valence-corrected chi connectivity index (χ3v) is 4.56. The predicted octanol–water partition coefficient (Wildman–Crippen LogP) is 5.95.